The molecule has 0 radical (unpaired) electrons. The summed E-state index contributed by atoms with van der Waals surface area (Å²) in [7, 11) is 1.57. The van der Waals surface area contributed by atoms with Gasteiger partial charge in [0, 0.05) is 15.7 Å². The summed E-state index contributed by atoms with van der Waals surface area (Å²) in [5, 5.41) is 12.1. The predicted molar refractivity (Wildman–Crippen MR) is 105 cm³/mol. The van der Waals surface area contributed by atoms with Crippen molar-refractivity contribution in [2.45, 2.75) is 13.3 Å². The van der Waals surface area contributed by atoms with Crippen molar-refractivity contribution in [1.82, 2.24) is 0 Å². The minimum Gasteiger partial charge on any atom is -0.497 e. The van der Waals surface area contributed by atoms with Gasteiger partial charge in [0.25, 0.3) is 5.91 Å². The van der Waals surface area contributed by atoms with Crippen LogP contribution in [0, 0.1) is 11.3 Å². The molecule has 2 aromatic rings. The molecule has 0 heterocycles. The molecule has 0 aliphatic heterocycles. The van der Waals surface area contributed by atoms with Crippen LogP contribution in [0.15, 0.2) is 52.5 Å². The maximum absolute atomic E-state index is 12.4. The number of anilines is 1. The van der Waals surface area contributed by atoms with Crippen LogP contribution in [-0.2, 0) is 4.79 Å². The highest BCUT2D eigenvalue weighted by Crippen LogP contribution is 2.26. The second kappa shape index (κ2) is 9.64. The topological polar surface area (TPSA) is 71.3 Å². The van der Waals surface area contributed by atoms with Gasteiger partial charge in [0.15, 0.2) is 0 Å². The number of carbonyl (C=O) groups excluding carboxylic acids is 1. The van der Waals surface area contributed by atoms with Gasteiger partial charge in [-0.2, -0.15) is 5.26 Å². The van der Waals surface area contributed by atoms with E-state index in [0.29, 0.717) is 29.4 Å². The van der Waals surface area contributed by atoms with Crippen LogP contribution >= 0.6 is 15.9 Å². The molecule has 0 saturated heterocycles. The molecule has 6 heteroatoms. The van der Waals surface area contributed by atoms with E-state index in [2.05, 4.69) is 21.2 Å². The molecule has 0 aromatic heterocycles. The molecule has 0 bridgehead atoms. The number of methoxy groups -OCH3 is 1. The number of halogens is 1. The molecule has 0 atom stereocenters. The number of amides is 1. The van der Waals surface area contributed by atoms with Gasteiger partial charge in [0.2, 0.25) is 0 Å². The molecule has 5 nitrogen and oxygen atoms in total. The third-order valence-electron chi connectivity index (χ3n) is 3.45. The highest BCUT2D eigenvalue weighted by Gasteiger charge is 2.12. The summed E-state index contributed by atoms with van der Waals surface area (Å²) in [5.41, 5.74) is 1.23. The van der Waals surface area contributed by atoms with Crippen LogP contribution in [0.25, 0.3) is 6.08 Å². The Morgan fingerprint density at radius 2 is 2.00 bits per heavy atom. The fraction of sp³-hybridized carbons (Fsp3) is 0.200. The lowest BCUT2D eigenvalue weighted by Gasteiger charge is -2.10. The number of ether oxygens (including phenoxy) is 2. The molecule has 26 heavy (non-hydrogen) atoms. The number of hydrogen-bond donors (Lipinski definition) is 1. The van der Waals surface area contributed by atoms with Gasteiger partial charge in [-0.15, -0.1) is 0 Å². The van der Waals surface area contributed by atoms with Crippen molar-refractivity contribution >= 4 is 33.6 Å². The summed E-state index contributed by atoms with van der Waals surface area (Å²) >= 11 is 3.40. The summed E-state index contributed by atoms with van der Waals surface area (Å²) in [6.45, 7) is 2.57. The Morgan fingerprint density at radius 1 is 1.27 bits per heavy atom. The van der Waals surface area contributed by atoms with Crippen LogP contribution in [0.3, 0.4) is 0 Å². The van der Waals surface area contributed by atoms with Gasteiger partial charge in [-0.1, -0.05) is 22.9 Å². The number of nitrogens with zero attached hydrogens (tertiary/aromatic N) is 1. The average Bonchev–Trinajstić information content (AvgIpc) is 2.65. The van der Waals surface area contributed by atoms with Gasteiger partial charge in [0.1, 0.15) is 23.1 Å². The smallest absolute Gasteiger partial charge is 0.266 e. The summed E-state index contributed by atoms with van der Waals surface area (Å²) in [4.78, 5) is 12.4. The van der Waals surface area contributed by atoms with Crippen LogP contribution in [0.1, 0.15) is 18.9 Å². The van der Waals surface area contributed by atoms with E-state index < -0.39 is 5.91 Å². The standard InChI is InChI=1S/C20H19BrN2O3/c1-3-10-26-19-9-4-16(21)12-14(19)11-15(13-22)20(24)23-17-5-7-18(25-2)8-6-17/h4-9,11-12H,3,10H2,1-2H3,(H,23,24)/b15-11+. The van der Waals surface area contributed by atoms with E-state index in [1.54, 1.807) is 31.4 Å². The van der Waals surface area contributed by atoms with Crippen molar-refractivity contribution in [2.75, 3.05) is 19.0 Å². The quantitative estimate of drug-likeness (QED) is 0.521. The minimum atomic E-state index is -0.487. The third-order valence-corrected chi connectivity index (χ3v) is 3.94. The number of nitrogens with one attached hydrogen (secondary N) is 1. The molecule has 0 aliphatic rings. The van der Waals surface area contributed by atoms with Crippen molar-refractivity contribution < 1.29 is 14.3 Å². The Morgan fingerprint density at radius 3 is 2.62 bits per heavy atom. The first-order valence-electron chi connectivity index (χ1n) is 8.07. The molecule has 0 fully saturated rings. The molecule has 1 amide bonds. The van der Waals surface area contributed by atoms with E-state index >= 15 is 0 Å². The van der Waals surface area contributed by atoms with Gasteiger partial charge < -0.3 is 14.8 Å². The van der Waals surface area contributed by atoms with E-state index in [-0.39, 0.29) is 5.57 Å². The summed E-state index contributed by atoms with van der Waals surface area (Å²) in [6.07, 6.45) is 2.39. The molecule has 0 aliphatic carbocycles. The molecule has 134 valence electrons. The van der Waals surface area contributed by atoms with Gasteiger partial charge in [0.05, 0.1) is 13.7 Å². The molecule has 2 rings (SSSR count). The maximum Gasteiger partial charge on any atom is 0.266 e. The molecule has 1 N–H and O–H groups in total. The second-order valence-corrected chi connectivity index (χ2v) is 6.30. The van der Waals surface area contributed by atoms with E-state index in [4.69, 9.17) is 9.47 Å². The van der Waals surface area contributed by atoms with Crippen molar-refractivity contribution in [3.63, 3.8) is 0 Å². The second-order valence-electron chi connectivity index (χ2n) is 5.38. The molecule has 0 unspecified atom stereocenters. The van der Waals surface area contributed by atoms with Gasteiger partial charge in [-0.3, -0.25) is 4.79 Å². The maximum atomic E-state index is 12.4. The largest absolute Gasteiger partial charge is 0.497 e. The summed E-state index contributed by atoms with van der Waals surface area (Å²) in [5.74, 6) is 0.824. The fourth-order valence-electron chi connectivity index (χ4n) is 2.15. The van der Waals surface area contributed by atoms with Crippen molar-refractivity contribution in [2.24, 2.45) is 0 Å². The molecule has 2 aromatic carbocycles. The number of rotatable bonds is 7. The monoisotopic (exact) mass is 414 g/mol. The summed E-state index contributed by atoms with van der Waals surface area (Å²) in [6, 6.07) is 14.3. The number of nitriles is 1. The van der Waals surface area contributed by atoms with Crippen molar-refractivity contribution in [1.29, 1.82) is 5.26 Å². The zero-order valence-electron chi connectivity index (χ0n) is 14.6. The van der Waals surface area contributed by atoms with E-state index in [1.807, 2.05) is 31.2 Å². The van der Waals surface area contributed by atoms with Crippen LogP contribution < -0.4 is 14.8 Å². The first-order chi connectivity index (χ1) is 12.6. The number of benzene rings is 2. The molecular formula is C20H19BrN2O3. The highest BCUT2D eigenvalue weighted by atomic mass is 79.9. The van der Waals surface area contributed by atoms with E-state index in [0.717, 1.165) is 10.9 Å². The van der Waals surface area contributed by atoms with Crippen LogP contribution in [0.4, 0.5) is 5.69 Å². The molecule has 0 spiro atoms. The first-order valence-corrected chi connectivity index (χ1v) is 8.86. The Bertz CT molecular complexity index is 839. The van der Waals surface area contributed by atoms with Gasteiger partial charge in [-0.25, -0.2) is 0 Å². The Balaban J connectivity index is 2.24. The lowest BCUT2D eigenvalue weighted by molar-refractivity contribution is -0.112. The average molecular weight is 415 g/mol. The van der Waals surface area contributed by atoms with E-state index in [9.17, 15) is 10.1 Å². The van der Waals surface area contributed by atoms with Crippen LogP contribution in [-0.4, -0.2) is 19.6 Å². The zero-order valence-corrected chi connectivity index (χ0v) is 16.2. The third kappa shape index (κ3) is 5.36. The Kier molecular flexibility index (Phi) is 7.24. The van der Waals surface area contributed by atoms with Crippen molar-refractivity contribution in [3.05, 3.63) is 58.1 Å². The first kappa shape index (κ1) is 19.5. The molecule has 0 saturated carbocycles. The van der Waals surface area contributed by atoms with Gasteiger partial charge in [-0.05, 0) is 55.0 Å². The number of hydrogen-bond acceptors (Lipinski definition) is 4. The highest BCUT2D eigenvalue weighted by molar-refractivity contribution is 9.10. The lowest BCUT2D eigenvalue weighted by atomic mass is 10.1. The lowest BCUT2D eigenvalue weighted by Crippen LogP contribution is -2.13. The normalized spacial score (nSPS) is 10.8. The zero-order chi connectivity index (χ0) is 18.9. The Labute approximate surface area is 161 Å². The van der Waals surface area contributed by atoms with Crippen molar-refractivity contribution in [3.8, 4) is 17.6 Å². The molecular weight excluding hydrogens is 396 g/mol. The Hall–Kier alpha value is -2.78. The minimum absolute atomic E-state index is 0.0136. The summed E-state index contributed by atoms with van der Waals surface area (Å²) < 4.78 is 11.6. The predicted octanol–water partition coefficient (Wildman–Crippen LogP) is 4.79. The van der Waals surface area contributed by atoms with Crippen LogP contribution in [0.2, 0.25) is 0 Å². The van der Waals surface area contributed by atoms with Crippen LogP contribution in [0.5, 0.6) is 11.5 Å². The fourth-order valence-corrected chi connectivity index (χ4v) is 2.53. The number of carbonyl (C=O) groups is 1. The van der Waals surface area contributed by atoms with Gasteiger partial charge >= 0.3 is 0 Å². The SMILES string of the molecule is CCCOc1ccc(Br)cc1/C=C(\C#N)C(=O)Nc1ccc(OC)cc1. The van der Waals surface area contributed by atoms with E-state index in [1.165, 1.54) is 6.08 Å².